The number of carbonyl (C=O) groups excluding carboxylic acids is 1. The Labute approximate surface area is 213 Å². The number of ketones is 1. The first kappa shape index (κ1) is 33.1. The van der Waals surface area contributed by atoms with Crippen molar-refractivity contribution >= 4 is 11.8 Å². The van der Waals surface area contributed by atoms with Crippen LogP contribution >= 0.6 is 0 Å². The Morgan fingerprint density at radius 3 is 1.09 bits per heavy atom. The summed E-state index contributed by atoms with van der Waals surface area (Å²) in [6.07, 6.45) is 31.4. The summed E-state index contributed by atoms with van der Waals surface area (Å²) in [5.74, 6) is -1.72. The van der Waals surface area contributed by atoms with Crippen LogP contribution in [0.5, 0.6) is 0 Å². The van der Waals surface area contributed by atoms with Crippen LogP contribution in [0.3, 0.4) is 0 Å². The molecule has 0 fully saturated rings. The zero-order chi connectivity index (χ0) is 25.1. The summed E-state index contributed by atoms with van der Waals surface area (Å²) < 4.78 is 0. The van der Waals surface area contributed by atoms with Crippen LogP contribution in [0.2, 0.25) is 0 Å². The van der Waals surface area contributed by atoms with Gasteiger partial charge in [-0.3, -0.25) is 9.59 Å². The zero-order valence-corrected chi connectivity index (χ0v) is 23.2. The molecule has 1 unspecified atom stereocenters. The maximum absolute atomic E-state index is 12.4. The first-order valence-corrected chi connectivity index (χ1v) is 15.4. The summed E-state index contributed by atoms with van der Waals surface area (Å²) in [6.45, 7) is 4.52. The lowest BCUT2D eigenvalue weighted by molar-refractivity contribution is -0.146. The van der Waals surface area contributed by atoms with E-state index in [1.54, 1.807) is 0 Å². The fourth-order valence-corrected chi connectivity index (χ4v) is 4.93. The number of rotatable bonds is 28. The van der Waals surface area contributed by atoms with Crippen LogP contribution in [0.1, 0.15) is 181 Å². The molecule has 0 heterocycles. The quantitative estimate of drug-likeness (QED) is 0.0894. The van der Waals surface area contributed by atoms with Crippen molar-refractivity contribution in [3.63, 3.8) is 0 Å². The Hall–Kier alpha value is -0.860. The van der Waals surface area contributed by atoms with Gasteiger partial charge in [-0.05, 0) is 12.8 Å². The van der Waals surface area contributed by atoms with Crippen molar-refractivity contribution in [3.05, 3.63) is 0 Å². The summed E-state index contributed by atoms with van der Waals surface area (Å²) in [7, 11) is 0. The van der Waals surface area contributed by atoms with Gasteiger partial charge < -0.3 is 5.11 Å². The molecule has 0 aliphatic heterocycles. The number of carbonyl (C=O) groups is 2. The molecule has 0 spiro atoms. The maximum atomic E-state index is 12.4. The molecular weight excluding hydrogens is 420 g/mol. The molecule has 34 heavy (non-hydrogen) atoms. The largest absolute Gasteiger partial charge is 0.481 e. The second kappa shape index (κ2) is 26.7. The molecule has 1 N–H and O–H groups in total. The molecule has 0 aromatic carbocycles. The van der Waals surface area contributed by atoms with Gasteiger partial charge in [0.1, 0.15) is 11.7 Å². The molecule has 0 rings (SSSR count). The minimum absolute atomic E-state index is 0.0392. The van der Waals surface area contributed by atoms with E-state index in [9.17, 15) is 14.7 Å². The van der Waals surface area contributed by atoms with Gasteiger partial charge >= 0.3 is 5.97 Å². The van der Waals surface area contributed by atoms with Gasteiger partial charge in [0.15, 0.2) is 0 Å². The third-order valence-electron chi connectivity index (χ3n) is 7.31. The van der Waals surface area contributed by atoms with Gasteiger partial charge in [0.2, 0.25) is 0 Å². The monoisotopic (exact) mass is 480 g/mol. The SMILES string of the molecule is CCCCCCCCCCCCCCC(=O)C(CCCCCCCCCCCCCC)C(=O)O. The smallest absolute Gasteiger partial charge is 0.314 e. The average molecular weight is 481 g/mol. The number of hydrogen-bond acceptors (Lipinski definition) is 2. The highest BCUT2D eigenvalue weighted by molar-refractivity contribution is 5.98. The number of unbranched alkanes of at least 4 members (excludes halogenated alkanes) is 22. The third kappa shape index (κ3) is 22.9. The first-order valence-electron chi connectivity index (χ1n) is 15.4. The van der Waals surface area contributed by atoms with Gasteiger partial charge in [0, 0.05) is 6.42 Å². The molecule has 3 nitrogen and oxygen atoms in total. The second-order valence-corrected chi connectivity index (χ2v) is 10.7. The Balaban J connectivity index is 3.59. The van der Waals surface area contributed by atoms with Crippen LogP contribution in [-0.2, 0) is 9.59 Å². The second-order valence-electron chi connectivity index (χ2n) is 10.7. The Bertz CT molecular complexity index is 446. The van der Waals surface area contributed by atoms with Crippen molar-refractivity contribution in [3.8, 4) is 0 Å². The summed E-state index contributed by atoms with van der Waals surface area (Å²) >= 11 is 0. The lowest BCUT2D eigenvalue weighted by atomic mass is 9.93. The van der Waals surface area contributed by atoms with Gasteiger partial charge in [-0.25, -0.2) is 0 Å². The van der Waals surface area contributed by atoms with E-state index in [-0.39, 0.29) is 5.78 Å². The van der Waals surface area contributed by atoms with Crippen molar-refractivity contribution in [2.24, 2.45) is 5.92 Å². The van der Waals surface area contributed by atoms with Gasteiger partial charge in [-0.2, -0.15) is 0 Å². The molecule has 0 aliphatic rings. The number of carboxylic acid groups (broad SMARTS) is 1. The third-order valence-corrected chi connectivity index (χ3v) is 7.31. The van der Waals surface area contributed by atoms with E-state index >= 15 is 0 Å². The van der Waals surface area contributed by atoms with Crippen LogP contribution in [0, 0.1) is 5.92 Å². The van der Waals surface area contributed by atoms with E-state index in [1.165, 1.54) is 128 Å². The lowest BCUT2D eigenvalue weighted by Gasteiger charge is -2.11. The molecule has 0 amide bonds. The molecule has 0 bridgehead atoms. The average Bonchev–Trinajstić information content (AvgIpc) is 2.82. The predicted octanol–water partition coefficient (Wildman–Crippen LogP) is 10.4. The van der Waals surface area contributed by atoms with Crippen LogP contribution < -0.4 is 0 Å². The molecule has 0 saturated heterocycles. The summed E-state index contributed by atoms with van der Waals surface area (Å²) in [5.41, 5.74) is 0. The summed E-state index contributed by atoms with van der Waals surface area (Å²) in [6, 6.07) is 0. The van der Waals surface area contributed by atoms with E-state index in [0.717, 1.165) is 25.7 Å². The number of aliphatic carboxylic acids is 1. The molecule has 0 aromatic heterocycles. The standard InChI is InChI=1S/C31H60O3/c1-3-5-7-9-11-13-15-17-19-21-23-25-27-29(31(33)34)30(32)28-26-24-22-20-18-16-14-12-10-8-6-4-2/h29H,3-28H2,1-2H3,(H,33,34). The first-order chi connectivity index (χ1) is 16.6. The van der Waals surface area contributed by atoms with Crippen LogP contribution in [0.15, 0.2) is 0 Å². The van der Waals surface area contributed by atoms with Crippen LogP contribution in [-0.4, -0.2) is 16.9 Å². The predicted molar refractivity (Wildman–Crippen MR) is 148 cm³/mol. The van der Waals surface area contributed by atoms with E-state index in [4.69, 9.17) is 0 Å². The maximum Gasteiger partial charge on any atom is 0.314 e. The normalized spacial score (nSPS) is 12.2. The summed E-state index contributed by atoms with van der Waals surface area (Å²) in [4.78, 5) is 24.0. The molecule has 0 aliphatic carbocycles. The molecule has 0 saturated carbocycles. The van der Waals surface area contributed by atoms with Gasteiger partial charge in [-0.15, -0.1) is 0 Å². The van der Waals surface area contributed by atoms with E-state index in [0.29, 0.717) is 12.8 Å². The highest BCUT2D eigenvalue weighted by Gasteiger charge is 2.24. The fraction of sp³-hybridized carbons (Fsp3) is 0.935. The Morgan fingerprint density at radius 1 is 0.471 bits per heavy atom. The van der Waals surface area contributed by atoms with Gasteiger partial charge in [0.05, 0.1) is 0 Å². The number of Topliss-reactive ketones (excluding diaryl/α,β-unsaturated/α-hetero) is 1. The van der Waals surface area contributed by atoms with Gasteiger partial charge in [0.25, 0.3) is 0 Å². The van der Waals surface area contributed by atoms with Crippen molar-refractivity contribution in [2.45, 2.75) is 181 Å². The van der Waals surface area contributed by atoms with Crippen molar-refractivity contribution < 1.29 is 14.7 Å². The highest BCUT2D eigenvalue weighted by atomic mass is 16.4. The molecule has 0 radical (unpaired) electrons. The topological polar surface area (TPSA) is 54.4 Å². The number of carboxylic acids is 1. The van der Waals surface area contributed by atoms with E-state index < -0.39 is 11.9 Å². The minimum atomic E-state index is -0.910. The van der Waals surface area contributed by atoms with Crippen molar-refractivity contribution in [1.29, 1.82) is 0 Å². The van der Waals surface area contributed by atoms with Crippen LogP contribution in [0.25, 0.3) is 0 Å². The molecule has 3 heteroatoms. The summed E-state index contributed by atoms with van der Waals surface area (Å²) in [5, 5.41) is 9.49. The van der Waals surface area contributed by atoms with E-state index in [1.807, 2.05) is 0 Å². The van der Waals surface area contributed by atoms with Gasteiger partial charge in [-0.1, -0.05) is 162 Å². The number of hydrogen-bond donors (Lipinski definition) is 1. The van der Waals surface area contributed by atoms with Crippen LogP contribution in [0.4, 0.5) is 0 Å². The van der Waals surface area contributed by atoms with Crippen molar-refractivity contribution in [2.75, 3.05) is 0 Å². The molecule has 0 aromatic rings. The van der Waals surface area contributed by atoms with Crippen molar-refractivity contribution in [1.82, 2.24) is 0 Å². The molecular formula is C31H60O3. The molecule has 1 atom stereocenters. The van der Waals surface area contributed by atoms with E-state index in [2.05, 4.69) is 13.8 Å². The highest BCUT2D eigenvalue weighted by Crippen LogP contribution is 2.18. The fourth-order valence-electron chi connectivity index (χ4n) is 4.93. The Morgan fingerprint density at radius 2 is 0.765 bits per heavy atom. The lowest BCUT2D eigenvalue weighted by Crippen LogP contribution is -2.23. The Kier molecular flexibility index (Phi) is 26.1. The zero-order valence-electron chi connectivity index (χ0n) is 23.2. The minimum Gasteiger partial charge on any atom is -0.481 e. The molecule has 202 valence electrons.